The predicted octanol–water partition coefficient (Wildman–Crippen LogP) is 2.96. The molecule has 3 heteroatoms. The Kier molecular flexibility index (Phi) is 5.09. The molecule has 0 spiro atoms. The Morgan fingerprint density at radius 3 is 2.17 bits per heavy atom. The van der Waals surface area contributed by atoms with Crippen molar-refractivity contribution in [1.82, 2.24) is 9.80 Å². The average molecular weight is 308 g/mol. The molecule has 1 heterocycles. The molecule has 3 rings (SSSR count). The highest BCUT2D eigenvalue weighted by molar-refractivity contribution is 5.48. The molecule has 120 valence electrons. The lowest BCUT2D eigenvalue weighted by Gasteiger charge is -2.45. The Morgan fingerprint density at radius 1 is 0.957 bits per heavy atom. The van der Waals surface area contributed by atoms with Gasteiger partial charge in [0.15, 0.2) is 0 Å². The van der Waals surface area contributed by atoms with Crippen LogP contribution < -0.4 is 0 Å². The lowest BCUT2D eigenvalue weighted by atomic mass is 9.95. The first-order valence-electron chi connectivity index (χ1n) is 8.31. The van der Waals surface area contributed by atoms with E-state index in [9.17, 15) is 4.79 Å². The summed E-state index contributed by atoms with van der Waals surface area (Å²) in [5.74, 6) is 0. The predicted molar refractivity (Wildman–Crippen MR) is 93.0 cm³/mol. The van der Waals surface area contributed by atoms with Crippen LogP contribution in [0.4, 0.5) is 0 Å². The summed E-state index contributed by atoms with van der Waals surface area (Å²) in [7, 11) is 0. The molecule has 0 saturated carbocycles. The maximum atomic E-state index is 11.5. The van der Waals surface area contributed by atoms with E-state index in [0.717, 1.165) is 32.5 Å². The van der Waals surface area contributed by atoms with E-state index in [0.29, 0.717) is 6.04 Å². The van der Waals surface area contributed by atoms with E-state index in [2.05, 4.69) is 66.4 Å². The van der Waals surface area contributed by atoms with Crippen LogP contribution in [0.2, 0.25) is 0 Å². The van der Waals surface area contributed by atoms with Crippen LogP contribution in [0, 0.1) is 0 Å². The van der Waals surface area contributed by atoms with Crippen molar-refractivity contribution in [3.05, 3.63) is 71.8 Å². The molecular formula is C20H24N2O. The Labute approximate surface area is 138 Å². The van der Waals surface area contributed by atoms with E-state index in [1.165, 1.54) is 11.1 Å². The van der Waals surface area contributed by atoms with Crippen LogP contribution in [-0.4, -0.2) is 41.4 Å². The summed E-state index contributed by atoms with van der Waals surface area (Å²) < 4.78 is 0. The number of benzene rings is 2. The van der Waals surface area contributed by atoms with Gasteiger partial charge in [-0.15, -0.1) is 0 Å². The van der Waals surface area contributed by atoms with Crippen LogP contribution in [0.15, 0.2) is 60.7 Å². The van der Waals surface area contributed by atoms with Crippen LogP contribution in [0.5, 0.6) is 0 Å². The summed E-state index contributed by atoms with van der Waals surface area (Å²) in [6.07, 6.45) is 1.93. The summed E-state index contributed by atoms with van der Waals surface area (Å²) in [6.45, 7) is 4.92. The molecule has 0 aliphatic carbocycles. The quantitative estimate of drug-likeness (QED) is 0.793. The third-order valence-electron chi connectivity index (χ3n) is 4.86. The summed E-state index contributed by atoms with van der Waals surface area (Å²) >= 11 is 0. The van der Waals surface area contributed by atoms with E-state index in [1.807, 2.05) is 11.0 Å². The Bertz CT molecular complexity index is 614. The zero-order chi connectivity index (χ0) is 16.1. The van der Waals surface area contributed by atoms with Gasteiger partial charge >= 0.3 is 0 Å². The van der Waals surface area contributed by atoms with Gasteiger partial charge in [-0.05, 0) is 24.5 Å². The molecule has 1 aliphatic rings. The lowest BCUT2D eigenvalue weighted by Crippen LogP contribution is -2.58. The minimum absolute atomic E-state index is 0.229. The highest BCUT2D eigenvalue weighted by Crippen LogP contribution is 2.22. The number of nitrogens with zero attached hydrogens (tertiary/aromatic N) is 2. The maximum Gasteiger partial charge on any atom is 0.210 e. The maximum absolute atomic E-state index is 11.5. The van der Waals surface area contributed by atoms with Gasteiger partial charge in [-0.25, -0.2) is 0 Å². The minimum Gasteiger partial charge on any atom is -0.339 e. The van der Waals surface area contributed by atoms with Crippen molar-refractivity contribution in [2.24, 2.45) is 0 Å². The zero-order valence-corrected chi connectivity index (χ0v) is 13.6. The number of carbonyl (C=O) groups is 1. The number of amides is 1. The number of hydrogen-bond acceptors (Lipinski definition) is 2. The normalized spacial score (nSPS) is 22.0. The molecule has 2 unspecified atom stereocenters. The molecule has 3 nitrogen and oxygen atoms in total. The smallest absolute Gasteiger partial charge is 0.210 e. The monoisotopic (exact) mass is 308 g/mol. The first-order valence-corrected chi connectivity index (χ1v) is 8.31. The van der Waals surface area contributed by atoms with Crippen molar-refractivity contribution in [2.75, 3.05) is 13.1 Å². The number of rotatable bonds is 5. The van der Waals surface area contributed by atoms with Crippen molar-refractivity contribution in [1.29, 1.82) is 0 Å². The second-order valence-electron chi connectivity index (χ2n) is 6.30. The topological polar surface area (TPSA) is 23.6 Å². The van der Waals surface area contributed by atoms with E-state index >= 15 is 0 Å². The van der Waals surface area contributed by atoms with Crippen LogP contribution in [0.3, 0.4) is 0 Å². The largest absolute Gasteiger partial charge is 0.339 e. The molecule has 2 atom stereocenters. The van der Waals surface area contributed by atoms with Gasteiger partial charge in [-0.2, -0.15) is 0 Å². The van der Waals surface area contributed by atoms with E-state index < -0.39 is 0 Å². The van der Waals surface area contributed by atoms with E-state index in [-0.39, 0.29) is 6.04 Å². The number of hydrogen-bond donors (Lipinski definition) is 0. The van der Waals surface area contributed by atoms with Crippen LogP contribution in [0.25, 0.3) is 0 Å². The van der Waals surface area contributed by atoms with Gasteiger partial charge in [0.1, 0.15) is 0 Å². The second-order valence-corrected chi connectivity index (χ2v) is 6.30. The molecule has 2 aromatic carbocycles. The van der Waals surface area contributed by atoms with Gasteiger partial charge < -0.3 is 4.90 Å². The molecule has 1 saturated heterocycles. The van der Waals surface area contributed by atoms with Crippen molar-refractivity contribution in [3.8, 4) is 0 Å². The highest BCUT2D eigenvalue weighted by Gasteiger charge is 2.32. The SMILES string of the molecule is CC1C(Cc2ccccc2)N(C=O)CCN1Cc1ccccc1. The standard InChI is InChI=1S/C20H24N2O/c1-17-20(14-18-8-4-2-5-9-18)22(16-23)13-12-21(17)15-19-10-6-3-7-11-19/h2-11,16-17,20H,12-15H2,1H3. The third-order valence-corrected chi connectivity index (χ3v) is 4.86. The van der Waals surface area contributed by atoms with Crippen molar-refractivity contribution >= 4 is 6.41 Å². The Morgan fingerprint density at radius 2 is 1.57 bits per heavy atom. The molecule has 0 N–H and O–H groups in total. The lowest BCUT2D eigenvalue weighted by molar-refractivity contribution is -0.124. The molecule has 1 aliphatic heterocycles. The third kappa shape index (κ3) is 3.80. The van der Waals surface area contributed by atoms with Gasteiger partial charge in [-0.3, -0.25) is 9.69 Å². The second kappa shape index (κ2) is 7.42. The van der Waals surface area contributed by atoms with Crippen molar-refractivity contribution < 1.29 is 4.79 Å². The fourth-order valence-corrected chi connectivity index (χ4v) is 3.45. The summed E-state index contributed by atoms with van der Waals surface area (Å²) in [4.78, 5) is 15.9. The average Bonchev–Trinajstić information content (AvgIpc) is 2.60. The van der Waals surface area contributed by atoms with E-state index in [4.69, 9.17) is 0 Å². The van der Waals surface area contributed by atoms with Gasteiger partial charge in [0, 0.05) is 25.7 Å². The van der Waals surface area contributed by atoms with Crippen molar-refractivity contribution in [3.63, 3.8) is 0 Å². The summed E-state index contributed by atoms with van der Waals surface area (Å²) in [5.41, 5.74) is 2.62. The van der Waals surface area contributed by atoms with Crippen LogP contribution in [0.1, 0.15) is 18.1 Å². The van der Waals surface area contributed by atoms with Gasteiger partial charge in [0.25, 0.3) is 0 Å². The summed E-state index contributed by atoms with van der Waals surface area (Å²) in [5, 5.41) is 0. The molecular weight excluding hydrogens is 284 g/mol. The van der Waals surface area contributed by atoms with Crippen molar-refractivity contribution in [2.45, 2.75) is 32.0 Å². The molecule has 1 amide bonds. The molecule has 2 aromatic rings. The highest BCUT2D eigenvalue weighted by atomic mass is 16.1. The first-order chi connectivity index (χ1) is 11.3. The number of piperazine rings is 1. The molecule has 0 aromatic heterocycles. The minimum atomic E-state index is 0.229. The molecule has 23 heavy (non-hydrogen) atoms. The zero-order valence-electron chi connectivity index (χ0n) is 13.6. The van der Waals surface area contributed by atoms with E-state index in [1.54, 1.807) is 0 Å². The summed E-state index contributed by atoms with van der Waals surface area (Å²) in [6, 6.07) is 21.6. The fraction of sp³-hybridized carbons (Fsp3) is 0.350. The first kappa shape index (κ1) is 15.8. The molecule has 0 radical (unpaired) electrons. The Hall–Kier alpha value is -2.13. The van der Waals surface area contributed by atoms with Crippen LogP contribution in [-0.2, 0) is 17.8 Å². The fourth-order valence-electron chi connectivity index (χ4n) is 3.45. The Balaban J connectivity index is 1.74. The van der Waals surface area contributed by atoms with Gasteiger partial charge in [-0.1, -0.05) is 60.7 Å². The van der Waals surface area contributed by atoms with Gasteiger partial charge in [0.2, 0.25) is 6.41 Å². The number of carbonyl (C=O) groups excluding carboxylic acids is 1. The molecule has 0 bridgehead atoms. The van der Waals surface area contributed by atoms with Crippen LogP contribution >= 0.6 is 0 Å². The van der Waals surface area contributed by atoms with Gasteiger partial charge in [0.05, 0.1) is 6.04 Å². The molecule has 1 fully saturated rings.